The number of pyridine rings is 1. The van der Waals surface area contributed by atoms with Gasteiger partial charge in [0, 0.05) is 18.7 Å². The van der Waals surface area contributed by atoms with Crippen LogP contribution in [0.4, 0.5) is 5.82 Å². The van der Waals surface area contributed by atoms with Crippen molar-refractivity contribution in [3.8, 4) is 11.4 Å². The second kappa shape index (κ2) is 9.13. The number of aliphatic hydroxyl groups excluding tert-OH is 1. The van der Waals surface area contributed by atoms with Gasteiger partial charge in [0.1, 0.15) is 22.5 Å². The molecular formula is C24H29ClN6O2. The summed E-state index contributed by atoms with van der Waals surface area (Å²) in [5.74, 6) is 1.00. The van der Waals surface area contributed by atoms with E-state index in [1.165, 1.54) is 0 Å². The molecule has 1 aromatic carbocycles. The number of hydrogen-bond donors (Lipinski definition) is 3. The number of fused-ring (bicyclic) bond motifs is 1. The maximum absolute atomic E-state index is 12.1. The van der Waals surface area contributed by atoms with E-state index in [1.807, 2.05) is 63.2 Å². The number of primary amides is 1. The Morgan fingerprint density at radius 2 is 1.85 bits per heavy atom. The van der Waals surface area contributed by atoms with Crippen LogP contribution >= 0.6 is 11.6 Å². The van der Waals surface area contributed by atoms with Crippen LogP contribution in [-0.2, 0) is 17.9 Å². The summed E-state index contributed by atoms with van der Waals surface area (Å²) in [6, 6.07) is 14.6. The Bertz CT molecular complexity index is 1140. The minimum Gasteiger partial charge on any atom is -0.373 e. The molecule has 2 unspecified atom stereocenters. The van der Waals surface area contributed by atoms with E-state index in [0.717, 1.165) is 22.9 Å². The molecule has 1 aliphatic heterocycles. The number of benzene rings is 1. The van der Waals surface area contributed by atoms with E-state index in [2.05, 4.69) is 19.8 Å². The number of aromatic nitrogens is 3. The number of rotatable bonds is 6. The molecule has 0 radical (unpaired) electrons. The number of amides is 1. The molecule has 2 aromatic heterocycles. The van der Waals surface area contributed by atoms with Gasteiger partial charge in [0.25, 0.3) is 0 Å². The van der Waals surface area contributed by atoms with Crippen LogP contribution in [0.1, 0.15) is 38.4 Å². The zero-order valence-electron chi connectivity index (χ0n) is 19.0. The Balaban J connectivity index is 1.74. The number of nitrogens with two attached hydrogens (primary N) is 1. The van der Waals surface area contributed by atoms with Crippen LogP contribution in [0, 0.1) is 5.41 Å². The van der Waals surface area contributed by atoms with E-state index in [9.17, 15) is 9.90 Å². The highest BCUT2D eigenvalue weighted by atomic mass is 35.5. The van der Waals surface area contributed by atoms with Gasteiger partial charge in [0.2, 0.25) is 5.91 Å². The smallest absolute Gasteiger partial charge is 0.235 e. The van der Waals surface area contributed by atoms with Crippen LogP contribution in [0.5, 0.6) is 0 Å². The number of anilines is 1. The van der Waals surface area contributed by atoms with E-state index < -0.39 is 23.6 Å². The normalized spacial score (nSPS) is 15.7. The van der Waals surface area contributed by atoms with Gasteiger partial charge in [0.15, 0.2) is 6.23 Å². The summed E-state index contributed by atoms with van der Waals surface area (Å²) in [5.41, 5.74) is 7.42. The van der Waals surface area contributed by atoms with Crippen molar-refractivity contribution in [3.63, 3.8) is 0 Å². The van der Waals surface area contributed by atoms with Gasteiger partial charge >= 0.3 is 0 Å². The van der Waals surface area contributed by atoms with Crippen molar-refractivity contribution in [2.24, 2.45) is 11.1 Å². The number of nitrogens with one attached hydrogen (secondary N) is 1. The van der Waals surface area contributed by atoms with Crippen molar-refractivity contribution >= 4 is 23.3 Å². The average Bonchev–Trinajstić information content (AvgIpc) is 3.16. The highest BCUT2D eigenvalue weighted by Gasteiger charge is 2.34. The molecule has 33 heavy (non-hydrogen) atoms. The number of carbonyl (C=O) groups is 1. The molecule has 0 spiro atoms. The summed E-state index contributed by atoms with van der Waals surface area (Å²) in [4.78, 5) is 23.5. The quantitative estimate of drug-likeness (QED) is 0.379. The molecule has 3 aromatic rings. The van der Waals surface area contributed by atoms with Crippen molar-refractivity contribution < 1.29 is 9.90 Å². The number of hydrogen-bond acceptors (Lipinski definition) is 6. The SMILES string of the molecule is CC(C)(C)C(NC(O)c1nc(-c2ccccc2)n2c1CN(c1cccc(Cl)n1)CC2)C(N)=O. The maximum atomic E-state index is 12.1. The Morgan fingerprint density at radius 3 is 2.48 bits per heavy atom. The van der Waals surface area contributed by atoms with Gasteiger partial charge in [-0.05, 0) is 17.5 Å². The first-order chi connectivity index (χ1) is 15.6. The van der Waals surface area contributed by atoms with E-state index in [-0.39, 0.29) is 0 Å². The molecule has 8 nitrogen and oxygen atoms in total. The van der Waals surface area contributed by atoms with Crippen molar-refractivity contribution in [1.82, 2.24) is 19.9 Å². The minimum absolute atomic E-state index is 0.424. The molecule has 4 rings (SSSR count). The first kappa shape index (κ1) is 23.2. The number of aliphatic hydroxyl groups is 1. The summed E-state index contributed by atoms with van der Waals surface area (Å²) < 4.78 is 2.12. The van der Waals surface area contributed by atoms with Crippen molar-refractivity contribution in [1.29, 1.82) is 0 Å². The second-order valence-electron chi connectivity index (χ2n) is 9.30. The lowest BCUT2D eigenvalue weighted by Gasteiger charge is -2.32. The molecule has 9 heteroatoms. The Labute approximate surface area is 198 Å². The Kier molecular flexibility index (Phi) is 6.43. The van der Waals surface area contributed by atoms with E-state index in [1.54, 1.807) is 6.07 Å². The maximum Gasteiger partial charge on any atom is 0.235 e. The highest BCUT2D eigenvalue weighted by Crippen LogP contribution is 2.32. The fourth-order valence-corrected chi connectivity index (χ4v) is 4.34. The lowest BCUT2D eigenvalue weighted by Crippen LogP contribution is -2.51. The summed E-state index contributed by atoms with van der Waals surface area (Å²) >= 11 is 6.11. The molecule has 1 aliphatic rings. The molecule has 0 bridgehead atoms. The molecule has 4 N–H and O–H groups in total. The lowest BCUT2D eigenvalue weighted by molar-refractivity contribution is -0.123. The molecule has 0 saturated heterocycles. The molecule has 1 amide bonds. The zero-order valence-corrected chi connectivity index (χ0v) is 19.8. The molecule has 3 heterocycles. The first-order valence-electron chi connectivity index (χ1n) is 10.9. The van der Waals surface area contributed by atoms with Crippen LogP contribution in [0.3, 0.4) is 0 Å². The van der Waals surface area contributed by atoms with E-state index in [4.69, 9.17) is 22.3 Å². The highest BCUT2D eigenvalue weighted by molar-refractivity contribution is 6.29. The van der Waals surface area contributed by atoms with Gasteiger partial charge in [-0.25, -0.2) is 9.97 Å². The van der Waals surface area contributed by atoms with Crippen molar-refractivity contribution in [3.05, 3.63) is 65.1 Å². The Morgan fingerprint density at radius 1 is 1.12 bits per heavy atom. The van der Waals surface area contributed by atoms with Gasteiger partial charge in [-0.1, -0.05) is 68.8 Å². The van der Waals surface area contributed by atoms with Crippen LogP contribution in [0.2, 0.25) is 5.15 Å². The van der Waals surface area contributed by atoms with Gasteiger partial charge in [-0.3, -0.25) is 10.1 Å². The summed E-state index contributed by atoms with van der Waals surface area (Å²) in [6.45, 7) is 7.54. The standard InChI is InChI=1S/C24H29ClN6O2/c1-24(2,3)20(21(26)32)29-23(33)19-16-14-30(18-11-7-10-17(25)27-18)12-13-31(16)22(28-19)15-8-5-4-6-9-15/h4-11,20,23,29,33H,12-14H2,1-3H3,(H2,26,32). The predicted molar refractivity (Wildman–Crippen MR) is 128 cm³/mol. The third-order valence-electron chi connectivity index (χ3n) is 5.83. The summed E-state index contributed by atoms with van der Waals surface area (Å²) in [7, 11) is 0. The fourth-order valence-electron chi connectivity index (χ4n) is 4.18. The third kappa shape index (κ3) is 4.88. The zero-order chi connectivity index (χ0) is 23.8. The fraction of sp³-hybridized carbons (Fsp3) is 0.375. The number of halogens is 1. The molecule has 0 saturated carbocycles. The minimum atomic E-state index is -1.17. The topological polar surface area (TPSA) is 109 Å². The van der Waals surface area contributed by atoms with Crippen LogP contribution < -0.4 is 16.0 Å². The van der Waals surface area contributed by atoms with Gasteiger partial charge < -0.3 is 20.3 Å². The molecule has 0 aliphatic carbocycles. The van der Waals surface area contributed by atoms with Crippen molar-refractivity contribution in [2.45, 2.75) is 46.1 Å². The largest absolute Gasteiger partial charge is 0.373 e. The molecule has 174 valence electrons. The van der Waals surface area contributed by atoms with Gasteiger partial charge in [-0.15, -0.1) is 0 Å². The van der Waals surface area contributed by atoms with Crippen molar-refractivity contribution in [2.75, 3.05) is 11.4 Å². The first-order valence-corrected chi connectivity index (χ1v) is 11.3. The predicted octanol–water partition coefficient (Wildman–Crippen LogP) is 3.10. The van der Waals surface area contributed by atoms with Crippen LogP contribution in [-0.4, -0.2) is 38.1 Å². The average molecular weight is 469 g/mol. The summed E-state index contributed by atoms with van der Waals surface area (Å²) in [6.07, 6.45) is -1.17. The molecule has 2 atom stereocenters. The number of nitrogens with zero attached hydrogens (tertiary/aromatic N) is 4. The number of imidazole rings is 1. The Hall–Kier alpha value is -2.94. The van der Waals surface area contributed by atoms with E-state index >= 15 is 0 Å². The molecule has 0 fully saturated rings. The lowest BCUT2D eigenvalue weighted by atomic mass is 9.86. The van der Waals surface area contributed by atoms with Gasteiger partial charge in [-0.2, -0.15) is 0 Å². The molecular weight excluding hydrogens is 440 g/mol. The monoisotopic (exact) mass is 468 g/mol. The van der Waals surface area contributed by atoms with Gasteiger partial charge in [0.05, 0.1) is 18.3 Å². The van der Waals surface area contributed by atoms with Crippen LogP contribution in [0.25, 0.3) is 11.4 Å². The number of carbonyl (C=O) groups excluding carboxylic acids is 1. The second-order valence-corrected chi connectivity index (χ2v) is 9.68. The van der Waals surface area contributed by atoms with Crippen LogP contribution in [0.15, 0.2) is 48.5 Å². The van der Waals surface area contributed by atoms with E-state index in [0.29, 0.717) is 30.5 Å². The summed E-state index contributed by atoms with van der Waals surface area (Å²) in [5, 5.41) is 14.6. The third-order valence-corrected chi connectivity index (χ3v) is 6.04.